The van der Waals surface area contributed by atoms with Gasteiger partial charge >= 0.3 is 0 Å². The minimum absolute atomic E-state index is 0.0168. The first-order chi connectivity index (χ1) is 15.7. The molecule has 0 spiro atoms. The van der Waals surface area contributed by atoms with Crippen molar-refractivity contribution in [1.29, 1.82) is 0 Å². The molecule has 0 bridgehead atoms. The molecule has 1 amide bonds. The highest BCUT2D eigenvalue weighted by Crippen LogP contribution is 2.42. The molecule has 2 heterocycles. The lowest BCUT2D eigenvalue weighted by atomic mass is 10.1. The third-order valence-electron chi connectivity index (χ3n) is 5.60. The molecule has 0 aliphatic carbocycles. The Hall–Kier alpha value is -3.45. The minimum atomic E-state index is -0.0888. The van der Waals surface area contributed by atoms with Crippen molar-refractivity contribution < 1.29 is 18.8 Å². The highest BCUT2D eigenvalue weighted by Gasteiger charge is 2.32. The van der Waals surface area contributed by atoms with Crippen LogP contribution in [0.4, 0.5) is 0 Å². The van der Waals surface area contributed by atoms with E-state index in [4.69, 9.17) is 14.0 Å². The summed E-state index contributed by atoms with van der Waals surface area (Å²) in [7, 11) is 3.23. The number of amides is 1. The van der Waals surface area contributed by atoms with Crippen LogP contribution in [0.5, 0.6) is 11.5 Å². The number of hydrogen-bond acceptors (Lipinski definition) is 6. The molecule has 1 fully saturated rings. The van der Waals surface area contributed by atoms with Gasteiger partial charge in [0.2, 0.25) is 0 Å². The number of thioether (sulfide) groups is 1. The predicted molar refractivity (Wildman–Crippen MR) is 125 cm³/mol. The molecule has 0 saturated carbocycles. The van der Waals surface area contributed by atoms with Crippen LogP contribution in [0.1, 0.15) is 21.3 Å². The normalized spacial score (nSPS) is 15.8. The van der Waals surface area contributed by atoms with Crippen LogP contribution in [0.15, 0.2) is 71.3 Å². The van der Waals surface area contributed by atoms with Gasteiger partial charge in [0.1, 0.15) is 10.9 Å². The molecule has 1 atom stereocenters. The highest BCUT2D eigenvalue weighted by atomic mass is 32.2. The summed E-state index contributed by atoms with van der Waals surface area (Å²) < 4.78 is 16.4. The van der Waals surface area contributed by atoms with Crippen molar-refractivity contribution in [3.63, 3.8) is 0 Å². The summed E-state index contributed by atoms with van der Waals surface area (Å²) in [6.45, 7) is 0.676. The third kappa shape index (κ3) is 3.58. The molecule has 1 saturated heterocycles. The van der Waals surface area contributed by atoms with E-state index >= 15 is 0 Å². The lowest BCUT2D eigenvalue weighted by Gasteiger charge is -2.25. The number of nitrogens with zero attached hydrogens (tertiary/aromatic N) is 2. The highest BCUT2D eigenvalue weighted by molar-refractivity contribution is 7.99. The zero-order valence-electron chi connectivity index (χ0n) is 17.8. The molecule has 4 aromatic rings. The molecule has 5 rings (SSSR count). The third-order valence-corrected chi connectivity index (χ3v) is 6.86. The van der Waals surface area contributed by atoms with Crippen molar-refractivity contribution in [2.24, 2.45) is 0 Å². The van der Waals surface area contributed by atoms with Gasteiger partial charge in [-0.25, -0.2) is 0 Å². The van der Waals surface area contributed by atoms with Crippen molar-refractivity contribution in [3.05, 3.63) is 77.9 Å². The maximum absolute atomic E-state index is 13.5. The number of carbonyl (C=O) groups is 1. The van der Waals surface area contributed by atoms with Crippen LogP contribution in [-0.4, -0.2) is 42.5 Å². The molecule has 1 aliphatic rings. The zero-order chi connectivity index (χ0) is 22.1. The average molecular weight is 447 g/mol. The lowest BCUT2D eigenvalue weighted by Crippen LogP contribution is -2.30. The van der Waals surface area contributed by atoms with Crippen molar-refractivity contribution >= 4 is 28.6 Å². The maximum atomic E-state index is 13.5. The Balaban J connectivity index is 1.48. The number of hydrogen-bond donors (Lipinski definition) is 0. The van der Waals surface area contributed by atoms with E-state index in [0.29, 0.717) is 29.4 Å². The molecule has 32 heavy (non-hydrogen) atoms. The van der Waals surface area contributed by atoms with E-state index in [-0.39, 0.29) is 11.3 Å². The van der Waals surface area contributed by atoms with E-state index in [0.717, 1.165) is 27.8 Å². The Bertz CT molecular complexity index is 1270. The summed E-state index contributed by atoms with van der Waals surface area (Å²) in [5.74, 6) is 2.85. The van der Waals surface area contributed by atoms with Crippen molar-refractivity contribution in [1.82, 2.24) is 10.1 Å². The predicted octanol–water partition coefficient (Wildman–Crippen LogP) is 5.40. The Kier molecular flexibility index (Phi) is 5.49. The Morgan fingerprint density at radius 1 is 1.03 bits per heavy atom. The summed E-state index contributed by atoms with van der Waals surface area (Å²) in [4.78, 5) is 15.4. The van der Waals surface area contributed by atoms with Crippen LogP contribution in [-0.2, 0) is 0 Å². The SMILES string of the molecule is COc1ccc(C2SCCN2C(=O)c2ccc3noc(-c4ccccc4)c3c2)cc1OC. The first-order valence-electron chi connectivity index (χ1n) is 10.3. The second-order valence-corrected chi connectivity index (χ2v) is 8.63. The number of carbonyl (C=O) groups excluding carboxylic acids is 1. The van der Waals surface area contributed by atoms with Crippen molar-refractivity contribution in [2.75, 3.05) is 26.5 Å². The summed E-state index contributed by atoms with van der Waals surface area (Å²) in [6, 6.07) is 21.1. The van der Waals surface area contributed by atoms with Gasteiger partial charge in [0, 0.05) is 23.4 Å². The zero-order valence-corrected chi connectivity index (χ0v) is 18.6. The Labute approximate surface area is 190 Å². The van der Waals surface area contributed by atoms with Gasteiger partial charge in [0.25, 0.3) is 5.91 Å². The first kappa shape index (κ1) is 20.5. The fourth-order valence-corrected chi connectivity index (χ4v) is 5.24. The fraction of sp³-hybridized carbons (Fsp3) is 0.200. The number of methoxy groups -OCH3 is 2. The molecular formula is C25H22N2O4S. The van der Waals surface area contributed by atoms with Crippen LogP contribution >= 0.6 is 11.8 Å². The Morgan fingerprint density at radius 3 is 2.62 bits per heavy atom. The monoisotopic (exact) mass is 446 g/mol. The molecule has 0 N–H and O–H groups in total. The lowest BCUT2D eigenvalue weighted by molar-refractivity contribution is 0.0760. The number of aromatic nitrogens is 1. The molecular weight excluding hydrogens is 424 g/mol. The molecule has 0 radical (unpaired) electrons. The Morgan fingerprint density at radius 2 is 1.84 bits per heavy atom. The summed E-state index contributed by atoms with van der Waals surface area (Å²) in [5, 5.41) is 4.90. The van der Waals surface area contributed by atoms with E-state index in [1.165, 1.54) is 0 Å². The van der Waals surface area contributed by atoms with Gasteiger partial charge in [-0.3, -0.25) is 4.79 Å². The van der Waals surface area contributed by atoms with E-state index in [2.05, 4.69) is 5.16 Å². The maximum Gasteiger partial charge on any atom is 0.255 e. The first-order valence-corrected chi connectivity index (χ1v) is 11.3. The van der Waals surface area contributed by atoms with Crippen LogP contribution in [0.25, 0.3) is 22.2 Å². The van der Waals surface area contributed by atoms with Gasteiger partial charge in [-0.05, 0) is 35.9 Å². The topological polar surface area (TPSA) is 64.8 Å². The quantitative estimate of drug-likeness (QED) is 0.409. The fourth-order valence-electron chi connectivity index (χ4n) is 4.00. The summed E-state index contributed by atoms with van der Waals surface area (Å²) in [6.07, 6.45) is 0. The average Bonchev–Trinajstić information content (AvgIpc) is 3.50. The molecule has 1 aromatic heterocycles. The van der Waals surface area contributed by atoms with Crippen LogP contribution in [0.3, 0.4) is 0 Å². The number of fused-ring (bicyclic) bond motifs is 1. The van der Waals surface area contributed by atoms with Gasteiger partial charge in [-0.1, -0.05) is 41.6 Å². The number of rotatable bonds is 5. The van der Waals surface area contributed by atoms with E-state index < -0.39 is 0 Å². The molecule has 1 aliphatic heterocycles. The summed E-state index contributed by atoms with van der Waals surface area (Å²) in [5.41, 5.74) is 3.28. The molecule has 7 heteroatoms. The molecule has 3 aromatic carbocycles. The van der Waals surface area contributed by atoms with Gasteiger partial charge in [0.15, 0.2) is 17.3 Å². The van der Waals surface area contributed by atoms with Gasteiger partial charge in [-0.15, -0.1) is 11.8 Å². The van der Waals surface area contributed by atoms with Crippen molar-refractivity contribution in [3.8, 4) is 22.8 Å². The van der Waals surface area contributed by atoms with E-state index in [1.807, 2.05) is 71.6 Å². The van der Waals surface area contributed by atoms with Gasteiger partial charge in [0.05, 0.1) is 19.6 Å². The number of ether oxygens (including phenoxy) is 2. The van der Waals surface area contributed by atoms with Crippen LogP contribution in [0.2, 0.25) is 0 Å². The molecule has 162 valence electrons. The van der Waals surface area contributed by atoms with E-state index in [9.17, 15) is 4.79 Å². The second-order valence-electron chi connectivity index (χ2n) is 7.45. The van der Waals surface area contributed by atoms with Gasteiger partial charge < -0.3 is 18.9 Å². The standard InChI is InChI=1S/C25H22N2O4S/c1-29-21-11-9-18(15-22(21)30-2)25-27(12-13-32-25)24(28)17-8-10-20-19(14-17)23(31-26-20)16-6-4-3-5-7-16/h3-11,14-15,25H,12-13H2,1-2H3. The van der Waals surface area contributed by atoms with E-state index in [1.54, 1.807) is 26.0 Å². The van der Waals surface area contributed by atoms with Crippen LogP contribution < -0.4 is 9.47 Å². The minimum Gasteiger partial charge on any atom is -0.493 e. The summed E-state index contributed by atoms with van der Waals surface area (Å²) >= 11 is 1.74. The smallest absolute Gasteiger partial charge is 0.255 e. The van der Waals surface area contributed by atoms with Crippen molar-refractivity contribution in [2.45, 2.75) is 5.37 Å². The van der Waals surface area contributed by atoms with Gasteiger partial charge in [-0.2, -0.15) is 0 Å². The number of benzene rings is 3. The second kappa shape index (κ2) is 8.59. The molecule has 6 nitrogen and oxygen atoms in total. The molecule has 1 unspecified atom stereocenters. The largest absolute Gasteiger partial charge is 0.493 e. The van der Waals surface area contributed by atoms with Crippen LogP contribution in [0, 0.1) is 0 Å².